The maximum absolute atomic E-state index is 12.8. The van der Waals surface area contributed by atoms with Crippen molar-refractivity contribution in [1.29, 1.82) is 0 Å². The first-order valence-electron chi connectivity index (χ1n) is 8.94. The van der Waals surface area contributed by atoms with Gasteiger partial charge in [0.05, 0.1) is 24.8 Å². The van der Waals surface area contributed by atoms with Gasteiger partial charge in [-0.3, -0.25) is 14.6 Å². The molecule has 1 N–H and O–H groups in total. The number of ether oxygens (including phenoxy) is 1. The Balaban J connectivity index is 1.88. The van der Waals surface area contributed by atoms with E-state index in [4.69, 9.17) is 9.73 Å². The molecule has 0 spiro atoms. The molecule has 1 aliphatic heterocycles. The van der Waals surface area contributed by atoms with Crippen molar-refractivity contribution >= 4 is 17.4 Å². The molecule has 1 heterocycles. The third-order valence-electron chi connectivity index (χ3n) is 4.71. The zero-order valence-electron chi connectivity index (χ0n) is 16.1. The van der Waals surface area contributed by atoms with E-state index in [-0.39, 0.29) is 23.7 Å². The van der Waals surface area contributed by atoms with Crippen LogP contribution in [-0.2, 0) is 6.42 Å². The predicted octanol–water partition coefficient (Wildman–Crippen LogP) is 3.45. The van der Waals surface area contributed by atoms with Crippen molar-refractivity contribution in [3.63, 3.8) is 0 Å². The summed E-state index contributed by atoms with van der Waals surface area (Å²) in [4.78, 5) is 29.3. The zero-order chi connectivity index (χ0) is 19.6. The minimum Gasteiger partial charge on any atom is -0.497 e. The van der Waals surface area contributed by atoms with Gasteiger partial charge in [-0.2, -0.15) is 0 Å². The van der Waals surface area contributed by atoms with Crippen LogP contribution >= 0.6 is 0 Å². The number of carbonyl (C=O) groups is 2. The maximum atomic E-state index is 12.8. The molecular formula is C22H24N2O3. The molecule has 0 radical (unpaired) electrons. The fourth-order valence-electron chi connectivity index (χ4n) is 3.38. The lowest BCUT2D eigenvalue weighted by Gasteiger charge is -2.29. The summed E-state index contributed by atoms with van der Waals surface area (Å²) in [6, 6.07) is 12.6. The number of nitrogens with one attached hydrogen (secondary N) is 1. The van der Waals surface area contributed by atoms with Crippen LogP contribution in [0, 0.1) is 0 Å². The van der Waals surface area contributed by atoms with Gasteiger partial charge in [0.1, 0.15) is 5.75 Å². The summed E-state index contributed by atoms with van der Waals surface area (Å²) in [5, 5.41) is 2.57. The summed E-state index contributed by atoms with van der Waals surface area (Å²) < 4.78 is 5.34. The molecule has 0 aromatic heterocycles. The van der Waals surface area contributed by atoms with Crippen molar-refractivity contribution in [2.45, 2.75) is 32.2 Å². The molecule has 140 valence electrons. The molecule has 0 unspecified atom stereocenters. The van der Waals surface area contributed by atoms with Crippen LogP contribution in [0.4, 0.5) is 0 Å². The number of hydrogen-bond acceptors (Lipinski definition) is 4. The number of aliphatic imine (C=N–C) groups is 1. The first-order valence-corrected chi connectivity index (χ1v) is 8.94. The van der Waals surface area contributed by atoms with Crippen LogP contribution in [0.5, 0.6) is 5.75 Å². The van der Waals surface area contributed by atoms with E-state index in [1.807, 2.05) is 18.2 Å². The topological polar surface area (TPSA) is 67.8 Å². The smallest absolute Gasteiger partial charge is 0.251 e. The van der Waals surface area contributed by atoms with E-state index in [0.29, 0.717) is 11.1 Å². The molecule has 5 heteroatoms. The summed E-state index contributed by atoms with van der Waals surface area (Å²) in [5.74, 6) is 0.556. The second-order valence-electron chi connectivity index (χ2n) is 7.33. The van der Waals surface area contributed by atoms with Crippen molar-refractivity contribution in [2.24, 2.45) is 4.99 Å². The number of amides is 1. The number of nitrogens with zero attached hydrogens (tertiary/aromatic N) is 1. The highest BCUT2D eigenvalue weighted by Crippen LogP contribution is 2.31. The quantitative estimate of drug-likeness (QED) is 0.826. The van der Waals surface area contributed by atoms with E-state index in [0.717, 1.165) is 23.4 Å². The van der Waals surface area contributed by atoms with Gasteiger partial charge < -0.3 is 10.1 Å². The number of rotatable bonds is 5. The molecule has 3 rings (SSSR count). The Bertz CT molecular complexity index is 912. The summed E-state index contributed by atoms with van der Waals surface area (Å²) in [6.07, 6.45) is 1.04. The predicted molar refractivity (Wildman–Crippen MR) is 106 cm³/mol. The fraction of sp³-hybridized carbons (Fsp3) is 0.318. The molecule has 1 aliphatic rings. The number of Topliss-reactive ketones (excluding diaryl/α,β-unsaturated/α-hetero) is 1. The first-order chi connectivity index (χ1) is 12.8. The Hall–Kier alpha value is -2.95. The van der Waals surface area contributed by atoms with Gasteiger partial charge in [0.2, 0.25) is 0 Å². The van der Waals surface area contributed by atoms with Crippen molar-refractivity contribution < 1.29 is 14.3 Å². The number of hydrogen-bond donors (Lipinski definition) is 1. The second-order valence-corrected chi connectivity index (χ2v) is 7.33. The van der Waals surface area contributed by atoms with Crippen molar-refractivity contribution in [2.75, 3.05) is 14.2 Å². The molecule has 0 aliphatic carbocycles. The second kappa shape index (κ2) is 7.35. The Morgan fingerprint density at radius 2 is 1.78 bits per heavy atom. The van der Waals surface area contributed by atoms with Crippen LogP contribution in [0.25, 0.3) is 0 Å². The average molecular weight is 364 g/mol. The van der Waals surface area contributed by atoms with Crippen LogP contribution in [0.2, 0.25) is 0 Å². The molecule has 0 fully saturated rings. The molecular weight excluding hydrogens is 340 g/mol. The van der Waals surface area contributed by atoms with E-state index in [2.05, 4.69) is 19.2 Å². The largest absolute Gasteiger partial charge is 0.497 e. The molecule has 5 nitrogen and oxygen atoms in total. The van der Waals surface area contributed by atoms with Gasteiger partial charge in [0.25, 0.3) is 5.91 Å². The molecule has 0 bridgehead atoms. The molecule has 27 heavy (non-hydrogen) atoms. The number of fused-ring (bicyclic) bond motifs is 1. The minimum atomic E-state index is -0.250. The van der Waals surface area contributed by atoms with Crippen LogP contribution in [0.1, 0.15) is 52.1 Å². The van der Waals surface area contributed by atoms with Crippen LogP contribution in [0.3, 0.4) is 0 Å². The van der Waals surface area contributed by atoms with E-state index >= 15 is 0 Å². The molecule has 0 saturated heterocycles. The van der Waals surface area contributed by atoms with Crippen LogP contribution < -0.4 is 10.1 Å². The molecule has 0 atom stereocenters. The minimum absolute atomic E-state index is 0.0244. The SMILES string of the molecule is CNC(=O)c1ccc(C(=O)CC2=NC(C)(C)Cc3ccc(OC)cc32)cc1. The average Bonchev–Trinajstić information content (AvgIpc) is 2.66. The number of methoxy groups -OCH3 is 1. The highest BCUT2D eigenvalue weighted by Gasteiger charge is 2.28. The standard InChI is InChI=1S/C22H24N2O3/c1-22(2)13-16-9-10-17(27-4)11-18(16)19(24-22)12-20(25)14-5-7-15(8-6-14)21(26)23-3/h5-11H,12-13H2,1-4H3,(H,23,26). The Kier molecular flexibility index (Phi) is 5.13. The summed E-state index contributed by atoms with van der Waals surface area (Å²) in [7, 11) is 3.21. The zero-order valence-corrected chi connectivity index (χ0v) is 16.1. The van der Waals surface area contributed by atoms with E-state index in [1.165, 1.54) is 5.56 Å². The highest BCUT2D eigenvalue weighted by molar-refractivity contribution is 6.17. The summed E-state index contributed by atoms with van der Waals surface area (Å²) in [5.41, 5.74) is 3.77. The van der Waals surface area contributed by atoms with E-state index in [9.17, 15) is 9.59 Å². The lowest BCUT2D eigenvalue weighted by molar-refractivity contribution is 0.0959. The van der Waals surface area contributed by atoms with Crippen LogP contribution in [0.15, 0.2) is 47.5 Å². The van der Waals surface area contributed by atoms with Gasteiger partial charge >= 0.3 is 0 Å². The van der Waals surface area contributed by atoms with Gasteiger partial charge in [-0.25, -0.2) is 0 Å². The number of benzene rings is 2. The van der Waals surface area contributed by atoms with Crippen LogP contribution in [-0.4, -0.2) is 37.1 Å². The van der Waals surface area contributed by atoms with E-state index < -0.39 is 0 Å². The van der Waals surface area contributed by atoms with Crippen molar-refractivity contribution in [3.8, 4) is 5.75 Å². The van der Waals surface area contributed by atoms with Crippen molar-refractivity contribution in [3.05, 3.63) is 64.7 Å². The van der Waals surface area contributed by atoms with Gasteiger partial charge in [-0.15, -0.1) is 0 Å². The molecule has 2 aromatic carbocycles. The van der Waals surface area contributed by atoms with Gasteiger partial charge in [-0.05, 0) is 50.1 Å². The summed E-state index contributed by atoms with van der Waals surface area (Å²) in [6.45, 7) is 4.14. The Morgan fingerprint density at radius 1 is 1.11 bits per heavy atom. The monoisotopic (exact) mass is 364 g/mol. The van der Waals surface area contributed by atoms with Gasteiger partial charge in [0, 0.05) is 23.7 Å². The lowest BCUT2D eigenvalue weighted by atomic mass is 9.85. The molecule has 0 saturated carbocycles. The normalized spacial score (nSPS) is 14.7. The first kappa shape index (κ1) is 18.8. The Morgan fingerprint density at radius 3 is 2.41 bits per heavy atom. The fourth-order valence-corrected chi connectivity index (χ4v) is 3.38. The van der Waals surface area contributed by atoms with E-state index in [1.54, 1.807) is 38.4 Å². The summed E-state index contributed by atoms with van der Waals surface area (Å²) >= 11 is 0. The van der Waals surface area contributed by atoms with Crippen molar-refractivity contribution in [1.82, 2.24) is 5.32 Å². The molecule has 2 aromatic rings. The third-order valence-corrected chi connectivity index (χ3v) is 4.71. The maximum Gasteiger partial charge on any atom is 0.251 e. The molecule has 1 amide bonds. The lowest BCUT2D eigenvalue weighted by Crippen LogP contribution is -2.30. The number of ketones is 1. The highest BCUT2D eigenvalue weighted by atomic mass is 16.5. The van der Waals surface area contributed by atoms with Gasteiger partial charge in [-0.1, -0.05) is 18.2 Å². The third kappa shape index (κ3) is 4.08. The number of carbonyl (C=O) groups excluding carboxylic acids is 2. The Labute approximate surface area is 159 Å². The van der Waals surface area contributed by atoms with Gasteiger partial charge in [0.15, 0.2) is 5.78 Å².